The molecule has 19 heavy (non-hydrogen) atoms. The molecule has 4 heteroatoms. The minimum absolute atomic E-state index is 0.358. The van der Waals surface area contributed by atoms with Crippen molar-refractivity contribution >= 4 is 0 Å². The highest BCUT2D eigenvalue weighted by Gasteiger charge is 2.68. The predicted octanol–water partition coefficient (Wildman–Crippen LogP) is 1.68. The zero-order chi connectivity index (χ0) is 13.1. The molecule has 0 aromatic rings. The average Bonchev–Trinajstić information content (AvgIpc) is 3.10. The summed E-state index contributed by atoms with van der Waals surface area (Å²) in [6, 6.07) is 0. The molecule has 4 heterocycles. The first-order chi connectivity index (χ1) is 9.22. The molecule has 0 aromatic carbocycles. The lowest BCUT2D eigenvalue weighted by Gasteiger charge is -2.38. The van der Waals surface area contributed by atoms with Gasteiger partial charge in [-0.15, -0.1) is 0 Å². The van der Waals surface area contributed by atoms with Crippen LogP contribution in [0.3, 0.4) is 0 Å². The fourth-order valence-electron chi connectivity index (χ4n) is 5.11. The lowest BCUT2D eigenvalue weighted by atomic mass is 9.62. The van der Waals surface area contributed by atoms with E-state index < -0.39 is 0 Å². The summed E-state index contributed by atoms with van der Waals surface area (Å²) >= 11 is 0. The summed E-state index contributed by atoms with van der Waals surface area (Å²) < 4.78 is 23.0. The van der Waals surface area contributed by atoms with Crippen LogP contribution in [-0.4, -0.2) is 44.9 Å². The number of fused-ring (bicyclic) bond motifs is 9. The molecule has 108 valence electrons. The lowest BCUT2D eigenvalue weighted by molar-refractivity contribution is -0.0605. The summed E-state index contributed by atoms with van der Waals surface area (Å²) in [5, 5.41) is 0. The van der Waals surface area contributed by atoms with Gasteiger partial charge in [0.1, 0.15) is 6.79 Å². The Kier molecular flexibility index (Phi) is 2.92. The summed E-state index contributed by atoms with van der Waals surface area (Å²) in [6.07, 6.45) is 2.78. The van der Waals surface area contributed by atoms with E-state index >= 15 is 0 Å². The van der Waals surface area contributed by atoms with Crippen molar-refractivity contribution < 1.29 is 18.9 Å². The normalized spacial score (nSPS) is 57.9. The average molecular weight is 268 g/mol. The van der Waals surface area contributed by atoms with Crippen molar-refractivity contribution in [1.82, 2.24) is 0 Å². The first-order valence-electron chi connectivity index (χ1n) is 7.60. The van der Waals surface area contributed by atoms with Crippen LogP contribution in [-0.2, 0) is 18.9 Å². The zero-order valence-electron chi connectivity index (χ0n) is 12.0. The van der Waals surface area contributed by atoms with E-state index in [9.17, 15) is 0 Å². The first kappa shape index (κ1) is 12.6. The van der Waals surface area contributed by atoms with Crippen molar-refractivity contribution in [2.45, 2.75) is 44.7 Å². The number of ether oxygens (including phenoxy) is 4. The Labute approximate surface area is 114 Å². The van der Waals surface area contributed by atoms with Crippen LogP contribution in [0.2, 0.25) is 0 Å². The quantitative estimate of drug-likeness (QED) is 0.574. The van der Waals surface area contributed by atoms with Gasteiger partial charge >= 0.3 is 0 Å². The Hall–Kier alpha value is -0.160. The number of hydrogen-bond acceptors (Lipinski definition) is 4. The largest absolute Gasteiger partial charge is 0.374 e. The Morgan fingerprint density at radius 2 is 1.74 bits per heavy atom. The fourth-order valence-corrected chi connectivity index (χ4v) is 5.11. The molecule has 4 bridgehead atoms. The maximum Gasteiger partial charge on any atom is 0.146 e. The third-order valence-corrected chi connectivity index (χ3v) is 6.06. The van der Waals surface area contributed by atoms with Crippen LogP contribution in [0.1, 0.15) is 20.3 Å². The van der Waals surface area contributed by atoms with Crippen molar-refractivity contribution in [1.29, 1.82) is 0 Å². The molecule has 0 aromatic heterocycles. The molecular formula is C15H24O4. The van der Waals surface area contributed by atoms with E-state index in [0.717, 1.165) is 13.0 Å². The molecular weight excluding hydrogens is 244 g/mol. The molecule has 0 spiro atoms. The molecule has 0 N–H and O–H groups in total. The molecule has 0 radical (unpaired) electrons. The van der Waals surface area contributed by atoms with Gasteiger partial charge in [0.15, 0.2) is 0 Å². The predicted molar refractivity (Wildman–Crippen MR) is 68.6 cm³/mol. The van der Waals surface area contributed by atoms with E-state index in [1.807, 2.05) is 0 Å². The Balaban J connectivity index is 1.48. The molecule has 4 aliphatic heterocycles. The maximum atomic E-state index is 6.27. The summed E-state index contributed by atoms with van der Waals surface area (Å²) in [7, 11) is 1.67. The van der Waals surface area contributed by atoms with Crippen LogP contribution < -0.4 is 0 Å². The van der Waals surface area contributed by atoms with Crippen molar-refractivity contribution in [3.8, 4) is 0 Å². The molecule has 4 nitrogen and oxygen atoms in total. The van der Waals surface area contributed by atoms with E-state index in [-0.39, 0.29) is 0 Å². The summed E-state index contributed by atoms with van der Waals surface area (Å²) in [4.78, 5) is 0. The molecule has 4 aliphatic rings. The van der Waals surface area contributed by atoms with Gasteiger partial charge in [-0.2, -0.15) is 0 Å². The van der Waals surface area contributed by atoms with Gasteiger partial charge in [0, 0.05) is 24.9 Å². The SMILES string of the molecule is COCOCC1CC2OC1C1C3OC(C(C)C3C)C21. The van der Waals surface area contributed by atoms with E-state index in [4.69, 9.17) is 18.9 Å². The van der Waals surface area contributed by atoms with Crippen LogP contribution in [0.4, 0.5) is 0 Å². The highest BCUT2D eigenvalue weighted by Crippen LogP contribution is 2.61. The Bertz CT molecular complexity index is 360. The monoisotopic (exact) mass is 268 g/mol. The Morgan fingerprint density at radius 3 is 2.47 bits per heavy atom. The van der Waals surface area contributed by atoms with Gasteiger partial charge in [0.2, 0.25) is 0 Å². The van der Waals surface area contributed by atoms with E-state index in [1.165, 1.54) is 0 Å². The smallest absolute Gasteiger partial charge is 0.146 e. The summed E-state index contributed by atoms with van der Waals surface area (Å²) in [6.45, 7) is 5.84. The van der Waals surface area contributed by atoms with Crippen LogP contribution in [0, 0.1) is 29.6 Å². The molecule has 0 saturated carbocycles. The number of hydrogen-bond donors (Lipinski definition) is 0. The van der Waals surface area contributed by atoms with E-state index in [2.05, 4.69) is 13.8 Å². The summed E-state index contributed by atoms with van der Waals surface area (Å²) in [5.74, 6) is 3.17. The molecule has 4 rings (SSSR count). The van der Waals surface area contributed by atoms with E-state index in [0.29, 0.717) is 60.8 Å². The molecule has 0 amide bonds. The van der Waals surface area contributed by atoms with Crippen LogP contribution in [0.5, 0.6) is 0 Å². The molecule has 4 fully saturated rings. The first-order valence-corrected chi connectivity index (χ1v) is 7.60. The van der Waals surface area contributed by atoms with Gasteiger partial charge in [-0.25, -0.2) is 0 Å². The molecule has 9 unspecified atom stereocenters. The third kappa shape index (κ3) is 1.60. The number of rotatable bonds is 4. The minimum atomic E-state index is 0.358. The minimum Gasteiger partial charge on any atom is -0.374 e. The topological polar surface area (TPSA) is 36.9 Å². The summed E-state index contributed by atoms with van der Waals surface area (Å²) in [5.41, 5.74) is 0. The maximum absolute atomic E-state index is 6.27. The van der Waals surface area contributed by atoms with Crippen molar-refractivity contribution in [2.24, 2.45) is 29.6 Å². The van der Waals surface area contributed by atoms with E-state index in [1.54, 1.807) is 7.11 Å². The van der Waals surface area contributed by atoms with Crippen molar-refractivity contribution in [2.75, 3.05) is 20.5 Å². The van der Waals surface area contributed by atoms with Crippen molar-refractivity contribution in [3.05, 3.63) is 0 Å². The van der Waals surface area contributed by atoms with Crippen LogP contribution in [0.25, 0.3) is 0 Å². The van der Waals surface area contributed by atoms with Gasteiger partial charge in [0.25, 0.3) is 0 Å². The highest BCUT2D eigenvalue weighted by molar-refractivity contribution is 5.14. The second-order valence-electron chi connectivity index (χ2n) is 6.85. The second kappa shape index (κ2) is 4.42. The second-order valence-corrected chi connectivity index (χ2v) is 6.85. The standard InChI is InChI=1S/C15H24O4/c1-7-8(2)14-12-11(13(7)19-14)10-4-9(15(12)18-10)5-17-6-16-3/h7-15H,4-6H2,1-3H3. The third-order valence-electron chi connectivity index (χ3n) is 6.06. The van der Waals surface area contributed by atoms with Gasteiger partial charge in [-0.1, -0.05) is 13.8 Å². The van der Waals surface area contributed by atoms with Gasteiger partial charge < -0.3 is 18.9 Å². The highest BCUT2D eigenvalue weighted by atomic mass is 16.7. The van der Waals surface area contributed by atoms with Gasteiger partial charge in [-0.3, -0.25) is 0 Å². The molecule has 4 saturated heterocycles. The lowest BCUT2D eigenvalue weighted by Crippen LogP contribution is -2.46. The molecule has 0 aliphatic carbocycles. The van der Waals surface area contributed by atoms with Crippen LogP contribution >= 0.6 is 0 Å². The fraction of sp³-hybridized carbons (Fsp3) is 1.00. The van der Waals surface area contributed by atoms with Gasteiger partial charge in [-0.05, 0) is 18.3 Å². The molecule has 9 atom stereocenters. The Morgan fingerprint density at radius 1 is 1.00 bits per heavy atom. The van der Waals surface area contributed by atoms with Crippen LogP contribution in [0.15, 0.2) is 0 Å². The zero-order valence-corrected chi connectivity index (χ0v) is 12.0. The number of methoxy groups -OCH3 is 1. The van der Waals surface area contributed by atoms with Gasteiger partial charge in [0.05, 0.1) is 31.0 Å². The van der Waals surface area contributed by atoms with Crippen molar-refractivity contribution in [3.63, 3.8) is 0 Å².